The van der Waals surface area contributed by atoms with Crippen LogP contribution in [0, 0.1) is 5.41 Å². The fourth-order valence-electron chi connectivity index (χ4n) is 2.23. The van der Waals surface area contributed by atoms with Gasteiger partial charge < -0.3 is 14.9 Å². The van der Waals surface area contributed by atoms with Gasteiger partial charge in [0.1, 0.15) is 5.76 Å². The monoisotopic (exact) mass is 224 g/mol. The van der Waals surface area contributed by atoms with Gasteiger partial charge in [0.2, 0.25) is 0 Å². The Bertz CT molecular complexity index is 326. The van der Waals surface area contributed by atoms with Gasteiger partial charge in [-0.1, -0.05) is 6.92 Å². The maximum atomic E-state index is 6.06. The molecule has 0 spiro atoms. The maximum Gasteiger partial charge on any atom is 0.117 e. The van der Waals surface area contributed by atoms with Crippen LogP contribution in [0.1, 0.15) is 12.7 Å². The van der Waals surface area contributed by atoms with Gasteiger partial charge in [-0.05, 0) is 19.2 Å². The van der Waals surface area contributed by atoms with Gasteiger partial charge in [0, 0.05) is 18.0 Å². The molecule has 2 heterocycles. The molecule has 16 heavy (non-hydrogen) atoms. The largest absolute Gasteiger partial charge is 0.468 e. The standard InChI is InChI=1S/C12H20N2O2/c1-12(9-15-7-11(12)13)8-14(2)6-10-4-3-5-16-10/h3-5,11H,6-9,13H2,1-2H3. The first-order valence-corrected chi connectivity index (χ1v) is 5.64. The molecule has 0 aliphatic carbocycles. The molecule has 2 unspecified atom stereocenters. The second kappa shape index (κ2) is 4.57. The molecule has 0 bridgehead atoms. The smallest absolute Gasteiger partial charge is 0.117 e. The van der Waals surface area contributed by atoms with Crippen LogP contribution in [-0.2, 0) is 11.3 Å². The summed E-state index contributed by atoms with van der Waals surface area (Å²) >= 11 is 0. The zero-order chi connectivity index (χ0) is 11.6. The van der Waals surface area contributed by atoms with Crippen LogP contribution in [0.3, 0.4) is 0 Å². The van der Waals surface area contributed by atoms with Crippen LogP contribution in [0.5, 0.6) is 0 Å². The van der Waals surface area contributed by atoms with Gasteiger partial charge >= 0.3 is 0 Å². The van der Waals surface area contributed by atoms with E-state index >= 15 is 0 Å². The Morgan fingerprint density at radius 2 is 2.44 bits per heavy atom. The Morgan fingerprint density at radius 1 is 1.62 bits per heavy atom. The van der Waals surface area contributed by atoms with Crippen LogP contribution in [0.4, 0.5) is 0 Å². The molecule has 90 valence electrons. The number of nitrogens with zero attached hydrogens (tertiary/aromatic N) is 1. The van der Waals surface area contributed by atoms with Gasteiger partial charge in [0.25, 0.3) is 0 Å². The maximum absolute atomic E-state index is 6.06. The van der Waals surface area contributed by atoms with E-state index in [0.29, 0.717) is 6.61 Å². The van der Waals surface area contributed by atoms with Crippen molar-refractivity contribution in [2.24, 2.45) is 11.1 Å². The highest BCUT2D eigenvalue weighted by Gasteiger charge is 2.38. The van der Waals surface area contributed by atoms with E-state index in [4.69, 9.17) is 14.9 Å². The Kier molecular flexibility index (Phi) is 3.33. The third kappa shape index (κ3) is 2.45. The van der Waals surface area contributed by atoms with Gasteiger partial charge in [-0.25, -0.2) is 0 Å². The third-order valence-electron chi connectivity index (χ3n) is 3.26. The highest BCUT2D eigenvalue weighted by atomic mass is 16.5. The number of furan rings is 1. The molecule has 2 N–H and O–H groups in total. The van der Waals surface area contributed by atoms with E-state index in [1.165, 1.54) is 0 Å². The lowest BCUT2D eigenvalue weighted by molar-refractivity contribution is 0.125. The molecule has 0 radical (unpaired) electrons. The van der Waals surface area contributed by atoms with E-state index in [0.717, 1.165) is 25.5 Å². The number of nitrogens with two attached hydrogens (primary N) is 1. The van der Waals surface area contributed by atoms with Crippen LogP contribution in [0.15, 0.2) is 22.8 Å². The zero-order valence-corrected chi connectivity index (χ0v) is 9.98. The van der Waals surface area contributed by atoms with Crippen molar-refractivity contribution < 1.29 is 9.15 Å². The number of hydrogen-bond donors (Lipinski definition) is 1. The molecule has 4 nitrogen and oxygen atoms in total. The third-order valence-corrected chi connectivity index (χ3v) is 3.26. The van der Waals surface area contributed by atoms with Crippen molar-refractivity contribution in [3.63, 3.8) is 0 Å². The van der Waals surface area contributed by atoms with Crippen LogP contribution in [-0.4, -0.2) is 37.7 Å². The minimum Gasteiger partial charge on any atom is -0.468 e. The first-order valence-electron chi connectivity index (χ1n) is 5.64. The number of rotatable bonds is 4. The van der Waals surface area contributed by atoms with Crippen molar-refractivity contribution in [2.75, 3.05) is 26.8 Å². The van der Waals surface area contributed by atoms with Crippen LogP contribution >= 0.6 is 0 Å². The normalized spacial score (nSPS) is 30.1. The van der Waals surface area contributed by atoms with E-state index in [2.05, 4.69) is 18.9 Å². The van der Waals surface area contributed by atoms with Gasteiger partial charge in [0.15, 0.2) is 0 Å². The molecular formula is C12H20N2O2. The summed E-state index contributed by atoms with van der Waals surface area (Å²) in [6.07, 6.45) is 1.70. The molecule has 0 aromatic carbocycles. The summed E-state index contributed by atoms with van der Waals surface area (Å²) in [4.78, 5) is 2.23. The van der Waals surface area contributed by atoms with E-state index in [1.807, 2.05) is 12.1 Å². The van der Waals surface area contributed by atoms with Crippen molar-refractivity contribution >= 4 is 0 Å². The predicted octanol–water partition coefficient (Wildman–Crippen LogP) is 1.08. The Balaban J connectivity index is 1.89. The van der Waals surface area contributed by atoms with E-state index in [9.17, 15) is 0 Å². The molecule has 1 aliphatic heterocycles. The van der Waals surface area contributed by atoms with Crippen molar-refractivity contribution in [3.05, 3.63) is 24.2 Å². The summed E-state index contributed by atoms with van der Waals surface area (Å²) in [5, 5.41) is 0. The molecule has 0 saturated carbocycles. The van der Waals surface area contributed by atoms with Crippen molar-refractivity contribution in [1.29, 1.82) is 0 Å². The molecule has 2 rings (SSSR count). The van der Waals surface area contributed by atoms with Gasteiger partial charge in [0.05, 0.1) is 26.0 Å². The second-order valence-electron chi connectivity index (χ2n) is 5.03. The highest BCUT2D eigenvalue weighted by Crippen LogP contribution is 2.28. The fourth-order valence-corrected chi connectivity index (χ4v) is 2.23. The minimum absolute atomic E-state index is 0.0569. The average molecular weight is 224 g/mol. The Hall–Kier alpha value is -0.840. The summed E-state index contributed by atoms with van der Waals surface area (Å²) in [5.41, 5.74) is 6.12. The number of hydrogen-bond acceptors (Lipinski definition) is 4. The molecule has 1 aromatic heterocycles. The molecule has 2 atom stereocenters. The lowest BCUT2D eigenvalue weighted by atomic mass is 9.85. The van der Waals surface area contributed by atoms with E-state index in [-0.39, 0.29) is 11.5 Å². The van der Waals surface area contributed by atoms with Crippen molar-refractivity contribution in [2.45, 2.75) is 19.5 Å². The lowest BCUT2D eigenvalue weighted by Crippen LogP contribution is -2.45. The van der Waals surface area contributed by atoms with E-state index < -0.39 is 0 Å². The fraction of sp³-hybridized carbons (Fsp3) is 0.667. The second-order valence-corrected chi connectivity index (χ2v) is 5.03. The summed E-state index contributed by atoms with van der Waals surface area (Å²) < 4.78 is 10.8. The molecule has 4 heteroatoms. The summed E-state index contributed by atoms with van der Waals surface area (Å²) in [6.45, 7) is 5.34. The molecule has 1 fully saturated rings. The Labute approximate surface area is 96.4 Å². The van der Waals surface area contributed by atoms with Gasteiger partial charge in [-0.3, -0.25) is 4.90 Å². The van der Waals surface area contributed by atoms with E-state index in [1.54, 1.807) is 6.26 Å². The lowest BCUT2D eigenvalue weighted by Gasteiger charge is -2.31. The van der Waals surface area contributed by atoms with Crippen molar-refractivity contribution in [1.82, 2.24) is 4.90 Å². The zero-order valence-electron chi connectivity index (χ0n) is 9.98. The molecule has 1 aromatic rings. The topological polar surface area (TPSA) is 51.6 Å². The van der Waals surface area contributed by atoms with Gasteiger partial charge in [-0.2, -0.15) is 0 Å². The molecular weight excluding hydrogens is 204 g/mol. The quantitative estimate of drug-likeness (QED) is 0.831. The Morgan fingerprint density at radius 3 is 3.00 bits per heavy atom. The van der Waals surface area contributed by atoms with Crippen LogP contribution < -0.4 is 5.73 Å². The van der Waals surface area contributed by atoms with Crippen LogP contribution in [0.2, 0.25) is 0 Å². The van der Waals surface area contributed by atoms with Gasteiger partial charge in [-0.15, -0.1) is 0 Å². The van der Waals surface area contributed by atoms with Crippen molar-refractivity contribution in [3.8, 4) is 0 Å². The highest BCUT2D eigenvalue weighted by molar-refractivity contribution is 4.99. The summed E-state index contributed by atoms with van der Waals surface area (Å²) in [6, 6.07) is 4.03. The first kappa shape index (κ1) is 11.6. The molecule has 0 amide bonds. The molecule has 1 saturated heterocycles. The first-order chi connectivity index (χ1) is 7.60. The minimum atomic E-state index is 0.0569. The summed E-state index contributed by atoms with van der Waals surface area (Å²) in [7, 11) is 2.08. The SMILES string of the molecule is CN(Cc1ccco1)CC1(C)COCC1N. The average Bonchev–Trinajstić information content (AvgIpc) is 2.79. The van der Waals surface area contributed by atoms with Crippen LogP contribution in [0.25, 0.3) is 0 Å². The summed E-state index contributed by atoms with van der Waals surface area (Å²) in [5.74, 6) is 0.985. The number of ether oxygens (including phenoxy) is 1. The molecule has 1 aliphatic rings. The predicted molar refractivity (Wildman–Crippen MR) is 61.9 cm³/mol.